The number of methoxy groups -OCH3 is 1. The summed E-state index contributed by atoms with van der Waals surface area (Å²) in [5.74, 6) is -1.20. The molecule has 1 atom stereocenters. The van der Waals surface area contributed by atoms with Crippen molar-refractivity contribution in [2.45, 2.75) is 17.9 Å². The molecule has 1 unspecified atom stereocenters. The molecule has 166 valence electrons. The number of esters is 1. The number of amides is 1. The highest BCUT2D eigenvalue weighted by Gasteiger charge is 2.22. The Morgan fingerprint density at radius 2 is 1.59 bits per heavy atom. The summed E-state index contributed by atoms with van der Waals surface area (Å²) in [6, 6.07) is 19.0. The van der Waals surface area contributed by atoms with Crippen molar-refractivity contribution >= 4 is 39.2 Å². The third kappa shape index (κ3) is 5.27. The smallest absolute Gasteiger partial charge is 0.339 e. The number of carbonyl (C=O) groups excluding carboxylic acids is 2. The maximum absolute atomic E-state index is 13.0. The van der Waals surface area contributed by atoms with E-state index in [-0.39, 0.29) is 32.8 Å². The average Bonchev–Trinajstić information content (AvgIpc) is 2.79. The van der Waals surface area contributed by atoms with Gasteiger partial charge in [-0.05, 0) is 42.8 Å². The molecule has 9 heteroatoms. The number of nitrogens with one attached hydrogen (secondary N) is 2. The first kappa shape index (κ1) is 23.3. The van der Waals surface area contributed by atoms with E-state index in [0.717, 1.165) is 11.6 Å². The largest absolute Gasteiger partial charge is 0.465 e. The molecule has 0 bridgehead atoms. The minimum Gasteiger partial charge on any atom is -0.465 e. The lowest BCUT2D eigenvalue weighted by molar-refractivity contribution is 0.0600. The molecule has 7 nitrogen and oxygen atoms in total. The summed E-state index contributed by atoms with van der Waals surface area (Å²) in [6.45, 7) is 1.84. The lowest BCUT2D eigenvalue weighted by Crippen LogP contribution is -2.28. The van der Waals surface area contributed by atoms with E-state index >= 15 is 0 Å². The van der Waals surface area contributed by atoms with Gasteiger partial charge in [0.2, 0.25) is 0 Å². The van der Waals surface area contributed by atoms with Crippen LogP contribution in [0.2, 0.25) is 5.02 Å². The van der Waals surface area contributed by atoms with Crippen molar-refractivity contribution < 1.29 is 22.7 Å². The van der Waals surface area contributed by atoms with Crippen LogP contribution >= 0.6 is 11.6 Å². The third-order valence-electron chi connectivity index (χ3n) is 4.72. The van der Waals surface area contributed by atoms with Crippen molar-refractivity contribution in [3.63, 3.8) is 0 Å². The van der Waals surface area contributed by atoms with Gasteiger partial charge in [0.1, 0.15) is 0 Å². The monoisotopic (exact) mass is 472 g/mol. The Morgan fingerprint density at radius 3 is 2.28 bits per heavy atom. The maximum Gasteiger partial charge on any atom is 0.339 e. The second-order valence-electron chi connectivity index (χ2n) is 6.89. The molecule has 0 fully saturated rings. The van der Waals surface area contributed by atoms with E-state index in [0.29, 0.717) is 0 Å². The van der Waals surface area contributed by atoms with E-state index in [1.807, 2.05) is 37.3 Å². The number of anilines is 1. The Morgan fingerprint density at radius 1 is 0.938 bits per heavy atom. The number of benzene rings is 3. The zero-order valence-corrected chi connectivity index (χ0v) is 18.9. The van der Waals surface area contributed by atoms with Crippen LogP contribution in [0.1, 0.15) is 39.2 Å². The molecule has 0 heterocycles. The predicted octanol–water partition coefficient (Wildman–Crippen LogP) is 4.42. The van der Waals surface area contributed by atoms with Crippen molar-refractivity contribution in [3.8, 4) is 0 Å². The highest BCUT2D eigenvalue weighted by Crippen LogP contribution is 2.25. The SMILES string of the molecule is COC(=O)c1cc(S(=O)(=O)Nc2ccccc2C(=O)NC(C)c2ccccc2)ccc1Cl. The summed E-state index contributed by atoms with van der Waals surface area (Å²) in [4.78, 5) is 24.5. The lowest BCUT2D eigenvalue weighted by Gasteiger charge is -2.17. The van der Waals surface area contributed by atoms with E-state index in [2.05, 4.69) is 14.8 Å². The number of rotatable bonds is 7. The number of para-hydroxylation sites is 1. The van der Waals surface area contributed by atoms with Crippen LogP contribution in [0.4, 0.5) is 5.69 Å². The summed E-state index contributed by atoms with van der Waals surface area (Å²) in [5, 5.41) is 2.93. The summed E-state index contributed by atoms with van der Waals surface area (Å²) in [6.07, 6.45) is 0. The molecule has 0 aromatic heterocycles. The average molecular weight is 473 g/mol. The fourth-order valence-electron chi connectivity index (χ4n) is 3.01. The zero-order valence-electron chi connectivity index (χ0n) is 17.3. The molecular weight excluding hydrogens is 452 g/mol. The van der Waals surface area contributed by atoms with Crippen molar-refractivity contribution in [1.29, 1.82) is 0 Å². The van der Waals surface area contributed by atoms with E-state index in [1.54, 1.807) is 12.1 Å². The standard InChI is InChI=1S/C23H21ClN2O5S/c1-15(16-8-4-3-5-9-16)25-22(27)18-10-6-7-11-21(18)26-32(29,30)17-12-13-20(24)19(14-17)23(28)31-2/h3-15,26H,1-2H3,(H,25,27). The molecule has 0 spiro atoms. The van der Waals surface area contributed by atoms with Gasteiger partial charge in [-0.2, -0.15) is 0 Å². The van der Waals surface area contributed by atoms with E-state index in [1.165, 1.54) is 31.4 Å². The van der Waals surface area contributed by atoms with Gasteiger partial charge in [-0.3, -0.25) is 9.52 Å². The van der Waals surface area contributed by atoms with Crippen molar-refractivity contribution in [2.75, 3.05) is 11.8 Å². The molecule has 3 rings (SSSR count). The molecule has 0 aliphatic heterocycles. The normalized spacial score (nSPS) is 12.0. The Balaban J connectivity index is 1.87. The predicted molar refractivity (Wildman–Crippen MR) is 122 cm³/mol. The molecule has 2 N–H and O–H groups in total. The molecule has 0 saturated heterocycles. The molecule has 32 heavy (non-hydrogen) atoms. The first-order chi connectivity index (χ1) is 15.2. The molecule has 1 amide bonds. The highest BCUT2D eigenvalue weighted by molar-refractivity contribution is 7.92. The van der Waals surface area contributed by atoms with Crippen LogP contribution in [0, 0.1) is 0 Å². The van der Waals surface area contributed by atoms with E-state index < -0.39 is 21.9 Å². The van der Waals surface area contributed by atoms with Crippen LogP contribution in [0.25, 0.3) is 0 Å². The molecular formula is C23H21ClN2O5S. The minimum atomic E-state index is -4.13. The lowest BCUT2D eigenvalue weighted by atomic mass is 10.1. The van der Waals surface area contributed by atoms with Crippen molar-refractivity contribution in [2.24, 2.45) is 0 Å². The van der Waals surface area contributed by atoms with Crippen LogP contribution in [-0.4, -0.2) is 27.4 Å². The van der Waals surface area contributed by atoms with E-state index in [9.17, 15) is 18.0 Å². The van der Waals surface area contributed by atoms with Gasteiger partial charge in [-0.1, -0.05) is 54.1 Å². The van der Waals surface area contributed by atoms with Crippen molar-refractivity contribution in [3.05, 3.63) is 94.5 Å². The molecule has 3 aromatic carbocycles. The second kappa shape index (κ2) is 9.84. The van der Waals surface area contributed by atoms with E-state index in [4.69, 9.17) is 11.6 Å². The van der Waals surface area contributed by atoms with Crippen LogP contribution in [0.15, 0.2) is 77.7 Å². The third-order valence-corrected chi connectivity index (χ3v) is 6.41. The van der Waals surface area contributed by atoms with Gasteiger partial charge >= 0.3 is 5.97 Å². The summed E-state index contributed by atoms with van der Waals surface area (Å²) >= 11 is 5.98. The summed E-state index contributed by atoms with van der Waals surface area (Å²) in [7, 11) is -2.96. The molecule has 3 aromatic rings. The van der Waals surface area contributed by atoms with Crippen molar-refractivity contribution in [1.82, 2.24) is 5.32 Å². The number of sulfonamides is 1. The van der Waals surface area contributed by atoms with Crippen LogP contribution < -0.4 is 10.0 Å². The number of halogens is 1. The van der Waals surface area contributed by atoms with Gasteiger partial charge in [0, 0.05) is 0 Å². The van der Waals surface area contributed by atoms with Gasteiger partial charge < -0.3 is 10.1 Å². The molecule has 0 aliphatic rings. The Labute approximate surface area is 191 Å². The van der Waals surface area contributed by atoms with Gasteiger partial charge in [0.15, 0.2) is 0 Å². The highest BCUT2D eigenvalue weighted by atomic mass is 35.5. The Bertz CT molecular complexity index is 1250. The number of carbonyl (C=O) groups is 2. The number of hydrogen-bond acceptors (Lipinski definition) is 5. The number of ether oxygens (including phenoxy) is 1. The first-order valence-corrected chi connectivity index (χ1v) is 11.4. The van der Waals surface area contributed by atoms with Crippen LogP contribution in [-0.2, 0) is 14.8 Å². The molecule has 0 radical (unpaired) electrons. The number of hydrogen-bond donors (Lipinski definition) is 2. The second-order valence-corrected chi connectivity index (χ2v) is 8.98. The molecule has 0 saturated carbocycles. The fraction of sp³-hybridized carbons (Fsp3) is 0.130. The molecule has 0 aliphatic carbocycles. The van der Waals surface area contributed by atoms with Gasteiger partial charge in [-0.15, -0.1) is 0 Å². The quantitative estimate of drug-likeness (QED) is 0.496. The first-order valence-electron chi connectivity index (χ1n) is 9.58. The summed E-state index contributed by atoms with van der Waals surface area (Å²) in [5.41, 5.74) is 1.08. The Kier molecular flexibility index (Phi) is 7.17. The topological polar surface area (TPSA) is 102 Å². The van der Waals surface area contributed by atoms with Gasteiger partial charge in [0.05, 0.1) is 39.9 Å². The Hall–Kier alpha value is -3.36. The summed E-state index contributed by atoms with van der Waals surface area (Å²) < 4.78 is 33.0. The maximum atomic E-state index is 13.0. The minimum absolute atomic E-state index is 0.0606. The fourth-order valence-corrected chi connectivity index (χ4v) is 4.31. The van der Waals surface area contributed by atoms with Gasteiger partial charge in [0.25, 0.3) is 15.9 Å². The van der Waals surface area contributed by atoms with Gasteiger partial charge in [-0.25, -0.2) is 13.2 Å². The van der Waals surface area contributed by atoms with Crippen LogP contribution in [0.5, 0.6) is 0 Å². The van der Waals surface area contributed by atoms with Crippen LogP contribution in [0.3, 0.4) is 0 Å². The zero-order chi connectivity index (χ0) is 23.3.